The Morgan fingerprint density at radius 1 is 1.19 bits per heavy atom. The van der Waals surface area contributed by atoms with Crippen LogP contribution in [0.1, 0.15) is 22.2 Å². The Morgan fingerprint density at radius 3 is 2.42 bits per heavy atom. The van der Waals surface area contributed by atoms with Crippen LogP contribution in [0.2, 0.25) is 0 Å². The molecule has 1 unspecified atom stereocenters. The number of hydrogen-bond donors (Lipinski definition) is 2. The smallest absolute Gasteiger partial charge is 0.376 e. The van der Waals surface area contributed by atoms with Gasteiger partial charge in [-0.15, -0.1) is 11.3 Å². The standard InChI is InChI=1S/C17H18F3N3O2S/c1-10(21-16(25)14-5-4-8-26-14)15(24)22-12-9-11(17(18,19)20)6-7-13(12)23(2)3/h4-10H,1-3H3,(H,21,25)(H,22,24). The molecule has 2 N–H and O–H groups in total. The van der Waals surface area contributed by atoms with E-state index in [-0.39, 0.29) is 5.69 Å². The summed E-state index contributed by atoms with van der Waals surface area (Å²) in [5.74, 6) is -1.03. The number of carbonyl (C=O) groups is 2. The molecule has 2 rings (SSSR count). The van der Waals surface area contributed by atoms with Crippen LogP contribution in [-0.2, 0) is 11.0 Å². The summed E-state index contributed by atoms with van der Waals surface area (Å²) in [6, 6.07) is 5.51. The highest BCUT2D eigenvalue weighted by Crippen LogP contribution is 2.34. The minimum atomic E-state index is -4.52. The molecule has 0 aliphatic carbocycles. The molecule has 0 aliphatic rings. The van der Waals surface area contributed by atoms with Crippen molar-refractivity contribution < 1.29 is 22.8 Å². The van der Waals surface area contributed by atoms with Crippen molar-refractivity contribution in [3.8, 4) is 0 Å². The highest BCUT2D eigenvalue weighted by Gasteiger charge is 2.31. The Labute approximate surface area is 152 Å². The third-order valence-corrected chi connectivity index (χ3v) is 4.42. The molecule has 1 aromatic carbocycles. The number of benzene rings is 1. The minimum Gasteiger partial charge on any atom is -0.376 e. The van der Waals surface area contributed by atoms with Crippen LogP contribution in [0.15, 0.2) is 35.7 Å². The first-order chi connectivity index (χ1) is 12.1. The molecule has 1 heterocycles. The SMILES string of the molecule is CC(NC(=O)c1cccs1)C(=O)Nc1cc(C(F)(F)F)ccc1N(C)C. The molecule has 1 aromatic heterocycles. The van der Waals surface area contributed by atoms with Gasteiger partial charge in [0.1, 0.15) is 6.04 Å². The number of rotatable bonds is 5. The Morgan fingerprint density at radius 2 is 1.88 bits per heavy atom. The Kier molecular flexibility index (Phi) is 5.91. The van der Waals surface area contributed by atoms with Gasteiger partial charge in [-0.05, 0) is 36.6 Å². The average Bonchev–Trinajstić information content (AvgIpc) is 3.08. The lowest BCUT2D eigenvalue weighted by Crippen LogP contribution is -2.41. The molecule has 0 radical (unpaired) electrons. The zero-order valence-corrected chi connectivity index (χ0v) is 15.2. The zero-order chi connectivity index (χ0) is 19.5. The molecule has 0 saturated heterocycles. The van der Waals surface area contributed by atoms with Crippen molar-refractivity contribution in [1.29, 1.82) is 0 Å². The molecule has 0 fully saturated rings. The fraction of sp³-hybridized carbons (Fsp3) is 0.294. The van der Waals surface area contributed by atoms with Gasteiger partial charge in [0.25, 0.3) is 5.91 Å². The van der Waals surface area contributed by atoms with Crippen LogP contribution in [0.3, 0.4) is 0 Å². The molecular weight excluding hydrogens is 367 g/mol. The van der Waals surface area contributed by atoms with E-state index < -0.39 is 29.6 Å². The molecular formula is C17H18F3N3O2S. The maximum Gasteiger partial charge on any atom is 0.416 e. The van der Waals surface area contributed by atoms with Gasteiger partial charge in [-0.2, -0.15) is 13.2 Å². The molecule has 0 spiro atoms. The van der Waals surface area contributed by atoms with Gasteiger partial charge < -0.3 is 15.5 Å². The van der Waals surface area contributed by atoms with Gasteiger partial charge >= 0.3 is 6.18 Å². The molecule has 140 valence electrons. The summed E-state index contributed by atoms with van der Waals surface area (Å²) in [5.41, 5.74) is -0.427. The maximum atomic E-state index is 12.9. The van der Waals surface area contributed by atoms with Crippen molar-refractivity contribution >= 4 is 34.5 Å². The molecule has 5 nitrogen and oxygen atoms in total. The number of amides is 2. The minimum absolute atomic E-state index is 0.0204. The fourth-order valence-corrected chi connectivity index (χ4v) is 2.81. The third-order valence-electron chi connectivity index (χ3n) is 3.55. The lowest BCUT2D eigenvalue weighted by atomic mass is 10.1. The van der Waals surface area contributed by atoms with Crippen molar-refractivity contribution in [2.24, 2.45) is 0 Å². The number of hydrogen-bond acceptors (Lipinski definition) is 4. The lowest BCUT2D eigenvalue weighted by Gasteiger charge is -2.21. The van der Waals surface area contributed by atoms with E-state index >= 15 is 0 Å². The van der Waals surface area contributed by atoms with Gasteiger partial charge in [-0.3, -0.25) is 9.59 Å². The van der Waals surface area contributed by atoms with E-state index in [0.29, 0.717) is 10.6 Å². The molecule has 0 aliphatic heterocycles. The third kappa shape index (κ3) is 4.75. The number of nitrogens with one attached hydrogen (secondary N) is 2. The van der Waals surface area contributed by atoms with Gasteiger partial charge in [0.05, 0.1) is 21.8 Å². The number of alkyl halides is 3. The van der Waals surface area contributed by atoms with Gasteiger partial charge in [0, 0.05) is 14.1 Å². The van der Waals surface area contributed by atoms with Gasteiger partial charge in [0.2, 0.25) is 5.91 Å². The quantitative estimate of drug-likeness (QED) is 0.827. The van der Waals surface area contributed by atoms with E-state index in [4.69, 9.17) is 0 Å². The molecule has 0 bridgehead atoms. The first kappa shape index (κ1) is 19.8. The fourth-order valence-electron chi connectivity index (χ4n) is 2.18. The summed E-state index contributed by atoms with van der Waals surface area (Å²) < 4.78 is 38.8. The Balaban J connectivity index is 2.17. The van der Waals surface area contributed by atoms with Gasteiger partial charge in [-0.1, -0.05) is 6.07 Å². The Hall–Kier alpha value is -2.55. The van der Waals surface area contributed by atoms with Crippen molar-refractivity contribution in [2.45, 2.75) is 19.1 Å². The molecule has 2 amide bonds. The predicted octanol–water partition coefficient (Wildman–Crippen LogP) is 3.59. The lowest BCUT2D eigenvalue weighted by molar-refractivity contribution is -0.137. The van der Waals surface area contributed by atoms with Crippen LogP contribution >= 0.6 is 11.3 Å². The van der Waals surface area contributed by atoms with E-state index in [9.17, 15) is 22.8 Å². The van der Waals surface area contributed by atoms with Crippen molar-refractivity contribution in [2.75, 3.05) is 24.3 Å². The highest BCUT2D eigenvalue weighted by molar-refractivity contribution is 7.12. The first-order valence-corrected chi connectivity index (χ1v) is 8.51. The average molecular weight is 385 g/mol. The topological polar surface area (TPSA) is 61.4 Å². The second-order valence-corrected chi connectivity index (χ2v) is 6.73. The summed E-state index contributed by atoms with van der Waals surface area (Å²) in [6.07, 6.45) is -4.52. The molecule has 2 aromatic rings. The molecule has 1 atom stereocenters. The number of thiophene rings is 1. The molecule has 9 heteroatoms. The second kappa shape index (κ2) is 7.77. The van der Waals surface area contributed by atoms with Crippen LogP contribution in [0.5, 0.6) is 0 Å². The van der Waals surface area contributed by atoms with Gasteiger partial charge in [-0.25, -0.2) is 0 Å². The van der Waals surface area contributed by atoms with E-state index in [2.05, 4.69) is 10.6 Å². The summed E-state index contributed by atoms with van der Waals surface area (Å²) in [4.78, 5) is 26.4. The summed E-state index contributed by atoms with van der Waals surface area (Å²) in [5, 5.41) is 6.71. The van der Waals surface area contributed by atoms with Crippen molar-refractivity contribution in [1.82, 2.24) is 5.32 Å². The van der Waals surface area contributed by atoms with Crippen LogP contribution in [-0.4, -0.2) is 32.0 Å². The summed E-state index contributed by atoms with van der Waals surface area (Å²) in [6.45, 7) is 1.46. The van der Waals surface area contributed by atoms with E-state index in [1.807, 2.05) is 0 Å². The second-order valence-electron chi connectivity index (χ2n) is 5.79. The number of halogens is 3. The largest absolute Gasteiger partial charge is 0.416 e. The van der Waals surface area contributed by atoms with E-state index in [1.54, 1.807) is 36.5 Å². The maximum absolute atomic E-state index is 12.9. The number of carbonyl (C=O) groups excluding carboxylic acids is 2. The van der Waals surface area contributed by atoms with Crippen molar-refractivity contribution in [3.05, 3.63) is 46.2 Å². The van der Waals surface area contributed by atoms with E-state index in [1.165, 1.54) is 24.3 Å². The first-order valence-electron chi connectivity index (χ1n) is 7.63. The Bertz CT molecular complexity index is 789. The van der Waals surface area contributed by atoms with Crippen LogP contribution < -0.4 is 15.5 Å². The molecule has 0 saturated carbocycles. The van der Waals surface area contributed by atoms with Crippen LogP contribution in [0.4, 0.5) is 24.5 Å². The van der Waals surface area contributed by atoms with Gasteiger partial charge in [0.15, 0.2) is 0 Å². The number of anilines is 2. The van der Waals surface area contributed by atoms with Crippen molar-refractivity contribution in [3.63, 3.8) is 0 Å². The molecule has 26 heavy (non-hydrogen) atoms. The summed E-state index contributed by atoms with van der Waals surface area (Å²) >= 11 is 1.22. The zero-order valence-electron chi connectivity index (χ0n) is 14.3. The predicted molar refractivity (Wildman–Crippen MR) is 95.6 cm³/mol. The monoisotopic (exact) mass is 385 g/mol. The van der Waals surface area contributed by atoms with Crippen LogP contribution in [0.25, 0.3) is 0 Å². The van der Waals surface area contributed by atoms with Crippen LogP contribution in [0, 0.1) is 0 Å². The number of nitrogens with zero attached hydrogens (tertiary/aromatic N) is 1. The van der Waals surface area contributed by atoms with E-state index in [0.717, 1.165) is 12.1 Å². The highest BCUT2D eigenvalue weighted by atomic mass is 32.1. The normalized spacial score (nSPS) is 12.4. The summed E-state index contributed by atoms with van der Waals surface area (Å²) in [7, 11) is 3.31.